The summed E-state index contributed by atoms with van der Waals surface area (Å²) < 4.78 is 73.0. The molecule has 11 heteroatoms. The zero-order chi connectivity index (χ0) is 23.6. The largest absolute Gasteiger partial charge is 0.416 e. The smallest absolute Gasteiger partial charge is 0.384 e. The molecule has 2 aromatic rings. The van der Waals surface area contributed by atoms with E-state index in [1.807, 2.05) is 4.90 Å². The Bertz CT molecular complexity index is 1020. The molecule has 0 saturated carbocycles. The van der Waals surface area contributed by atoms with Crippen molar-refractivity contribution in [3.05, 3.63) is 59.7 Å². The van der Waals surface area contributed by atoms with E-state index in [-0.39, 0.29) is 18.1 Å². The van der Waals surface area contributed by atoms with Gasteiger partial charge in [0.15, 0.2) is 0 Å². The first-order valence-electron chi connectivity index (χ1n) is 10.6. The molecule has 4 rings (SSSR count). The number of rotatable bonds is 6. The van der Waals surface area contributed by atoms with Crippen molar-refractivity contribution in [3.63, 3.8) is 0 Å². The maximum atomic E-state index is 13.4. The number of alkyl halides is 5. The molecule has 1 aromatic heterocycles. The first kappa shape index (κ1) is 23.2. The lowest BCUT2D eigenvalue weighted by Gasteiger charge is -2.40. The normalized spacial score (nSPS) is 18.0. The molecule has 0 unspecified atom stereocenters. The predicted octanol–water partition coefficient (Wildman–Crippen LogP) is 4.71. The average Bonchev–Trinajstić information content (AvgIpc) is 3.29. The second-order valence-corrected chi connectivity index (χ2v) is 8.04. The number of methoxy groups -OCH3 is 1. The number of allylic oxidation sites excluding steroid dienone is 2. The third-order valence-electron chi connectivity index (χ3n) is 5.83. The first-order chi connectivity index (χ1) is 15.8. The Hall–Kier alpha value is -2.95. The van der Waals surface area contributed by atoms with Gasteiger partial charge < -0.3 is 9.64 Å². The molecular weight excluding hydrogens is 445 g/mol. The fourth-order valence-corrected chi connectivity index (χ4v) is 4.07. The summed E-state index contributed by atoms with van der Waals surface area (Å²) in [6, 6.07) is 5.72. The quantitative estimate of drug-likeness (QED) is 0.574. The maximum Gasteiger partial charge on any atom is 0.416 e. The Morgan fingerprint density at radius 2 is 1.94 bits per heavy atom. The molecule has 0 spiro atoms. The van der Waals surface area contributed by atoms with Crippen LogP contribution >= 0.6 is 0 Å². The average molecular weight is 469 g/mol. The summed E-state index contributed by atoms with van der Waals surface area (Å²) in [6.07, 6.45) is -1.91. The number of piperidine rings is 1. The van der Waals surface area contributed by atoms with Gasteiger partial charge in [-0.1, -0.05) is 18.2 Å². The van der Waals surface area contributed by atoms with Gasteiger partial charge in [-0.2, -0.15) is 18.2 Å². The van der Waals surface area contributed by atoms with Gasteiger partial charge in [-0.15, -0.1) is 5.10 Å². The van der Waals surface area contributed by atoms with Gasteiger partial charge in [0.1, 0.15) is 12.1 Å². The van der Waals surface area contributed by atoms with Crippen LogP contribution in [0.4, 0.5) is 27.9 Å². The Morgan fingerprint density at radius 3 is 2.61 bits per heavy atom. The number of ether oxygens (including phenoxy) is 1. The molecule has 0 atom stereocenters. The number of nitrogens with zero attached hydrogens (tertiary/aromatic N) is 5. The van der Waals surface area contributed by atoms with Crippen molar-refractivity contribution in [2.75, 3.05) is 38.3 Å². The van der Waals surface area contributed by atoms with Crippen molar-refractivity contribution in [2.24, 2.45) is 5.92 Å². The number of benzene rings is 1. The van der Waals surface area contributed by atoms with Gasteiger partial charge in [0.2, 0.25) is 0 Å². The summed E-state index contributed by atoms with van der Waals surface area (Å²) >= 11 is 0. The molecule has 6 nitrogen and oxygen atoms in total. The molecule has 2 aliphatic heterocycles. The van der Waals surface area contributed by atoms with Gasteiger partial charge in [0, 0.05) is 38.9 Å². The van der Waals surface area contributed by atoms with E-state index in [1.165, 1.54) is 29.2 Å². The second-order valence-electron chi connectivity index (χ2n) is 8.04. The van der Waals surface area contributed by atoms with Gasteiger partial charge in [-0.25, -0.2) is 13.5 Å². The van der Waals surface area contributed by atoms with Crippen LogP contribution in [0.2, 0.25) is 0 Å². The van der Waals surface area contributed by atoms with Crippen molar-refractivity contribution < 1.29 is 26.7 Å². The summed E-state index contributed by atoms with van der Waals surface area (Å²) in [4.78, 5) is 7.78. The second kappa shape index (κ2) is 9.50. The van der Waals surface area contributed by atoms with Crippen LogP contribution in [0.15, 0.2) is 54.1 Å². The van der Waals surface area contributed by atoms with Gasteiger partial charge >= 0.3 is 6.18 Å². The van der Waals surface area contributed by atoms with Crippen LogP contribution in [0.3, 0.4) is 0 Å². The monoisotopic (exact) mass is 469 g/mol. The topological polar surface area (TPSA) is 46.4 Å². The molecule has 0 amide bonds. The molecule has 0 radical (unpaired) electrons. The Labute approximate surface area is 187 Å². The minimum absolute atomic E-state index is 0.0558. The molecule has 1 saturated heterocycles. The van der Waals surface area contributed by atoms with Gasteiger partial charge in [-0.3, -0.25) is 4.90 Å². The molecule has 0 aliphatic carbocycles. The van der Waals surface area contributed by atoms with Crippen LogP contribution in [0.1, 0.15) is 24.8 Å². The third kappa shape index (κ3) is 5.18. The summed E-state index contributed by atoms with van der Waals surface area (Å²) in [5.74, 6) is 0.931. The highest BCUT2D eigenvalue weighted by Gasteiger charge is 2.37. The van der Waals surface area contributed by atoms with Crippen LogP contribution in [-0.4, -0.2) is 59.2 Å². The van der Waals surface area contributed by atoms with Gasteiger partial charge in [0.25, 0.3) is 12.4 Å². The number of halogens is 5. The van der Waals surface area contributed by atoms with Gasteiger partial charge in [-0.05, 0) is 37.0 Å². The number of anilines is 1. The Balaban J connectivity index is 1.61. The molecule has 1 aromatic carbocycles. The van der Waals surface area contributed by atoms with Crippen LogP contribution in [-0.2, 0) is 4.74 Å². The Morgan fingerprint density at radius 1 is 1.18 bits per heavy atom. The maximum absolute atomic E-state index is 13.4. The zero-order valence-corrected chi connectivity index (χ0v) is 18.0. The van der Waals surface area contributed by atoms with E-state index >= 15 is 0 Å². The lowest BCUT2D eigenvalue weighted by molar-refractivity contribution is -0.0887. The first-order valence-corrected chi connectivity index (χ1v) is 10.6. The van der Waals surface area contributed by atoms with Crippen LogP contribution in [0.5, 0.6) is 0 Å². The van der Waals surface area contributed by atoms with E-state index in [9.17, 15) is 22.0 Å². The Kier molecular flexibility index (Phi) is 6.68. The highest BCUT2D eigenvalue weighted by atomic mass is 19.4. The summed E-state index contributed by atoms with van der Waals surface area (Å²) in [5, 5.41) is 4.37. The number of aromatic nitrogens is 3. The summed E-state index contributed by atoms with van der Waals surface area (Å²) in [5.41, 5.74) is -0.474. The number of hydrogen-bond acceptors (Lipinski definition) is 5. The van der Waals surface area contributed by atoms with E-state index in [0.717, 1.165) is 25.0 Å². The standard InChI is InChI=1S/C22H24F5N5O/c1-33-13-15-5-8-30(9-6-15)19-12-17(22(25,26)27)7-10-31(19)21-28-14-32(29-21)18-4-2-3-16(11-18)20(23)24/h2-4,7,11-12,14-15,20H,5-6,8-10,13H2,1H3. The number of hydrogen-bond donors (Lipinski definition) is 0. The minimum atomic E-state index is -4.46. The SMILES string of the molecule is COCC1CCN(C2=CC(C(F)(F)F)=CCN2c2ncn(-c3cccc(C(F)F)c3)n2)CC1. The third-order valence-corrected chi connectivity index (χ3v) is 5.83. The molecule has 2 aliphatic rings. The van der Waals surface area contributed by atoms with Crippen LogP contribution in [0.25, 0.3) is 5.69 Å². The van der Waals surface area contributed by atoms with E-state index < -0.39 is 18.2 Å². The lowest BCUT2D eigenvalue weighted by Crippen LogP contribution is -2.43. The number of likely N-dealkylation sites (tertiary alicyclic amines) is 1. The fraction of sp³-hybridized carbons (Fsp3) is 0.455. The zero-order valence-electron chi connectivity index (χ0n) is 18.0. The van der Waals surface area contributed by atoms with E-state index in [2.05, 4.69) is 10.1 Å². The van der Waals surface area contributed by atoms with Crippen LogP contribution < -0.4 is 4.90 Å². The van der Waals surface area contributed by atoms with E-state index in [0.29, 0.717) is 37.1 Å². The summed E-state index contributed by atoms with van der Waals surface area (Å²) in [6.45, 7) is 1.73. The van der Waals surface area contributed by atoms with Gasteiger partial charge in [0.05, 0.1) is 11.3 Å². The molecule has 178 valence electrons. The van der Waals surface area contributed by atoms with Crippen molar-refractivity contribution >= 4 is 5.95 Å². The fourth-order valence-electron chi connectivity index (χ4n) is 4.07. The van der Waals surface area contributed by atoms with E-state index in [4.69, 9.17) is 4.74 Å². The minimum Gasteiger partial charge on any atom is -0.384 e. The summed E-state index contributed by atoms with van der Waals surface area (Å²) in [7, 11) is 1.64. The molecule has 33 heavy (non-hydrogen) atoms. The van der Waals surface area contributed by atoms with Crippen molar-refractivity contribution in [1.82, 2.24) is 19.7 Å². The van der Waals surface area contributed by atoms with Crippen molar-refractivity contribution in [2.45, 2.75) is 25.4 Å². The van der Waals surface area contributed by atoms with Crippen molar-refractivity contribution in [1.29, 1.82) is 0 Å². The molecule has 0 N–H and O–H groups in total. The van der Waals surface area contributed by atoms with Crippen molar-refractivity contribution in [3.8, 4) is 5.69 Å². The van der Waals surface area contributed by atoms with Crippen LogP contribution in [0, 0.1) is 5.92 Å². The lowest BCUT2D eigenvalue weighted by atomic mass is 9.97. The molecular formula is C22H24F5N5O. The molecule has 1 fully saturated rings. The highest BCUT2D eigenvalue weighted by molar-refractivity contribution is 5.48. The molecule has 3 heterocycles. The molecule has 0 bridgehead atoms. The van der Waals surface area contributed by atoms with E-state index in [1.54, 1.807) is 18.1 Å². The predicted molar refractivity (Wildman–Crippen MR) is 112 cm³/mol. The highest BCUT2D eigenvalue weighted by Crippen LogP contribution is 2.34.